The van der Waals surface area contributed by atoms with Gasteiger partial charge in [-0.1, -0.05) is 23.7 Å². The van der Waals surface area contributed by atoms with Gasteiger partial charge in [-0.3, -0.25) is 4.90 Å². The summed E-state index contributed by atoms with van der Waals surface area (Å²) < 4.78 is 16.9. The fourth-order valence-electron chi connectivity index (χ4n) is 3.29. The van der Waals surface area contributed by atoms with Crippen molar-refractivity contribution in [2.75, 3.05) is 51.3 Å². The Morgan fingerprint density at radius 2 is 1.93 bits per heavy atom. The lowest BCUT2D eigenvalue weighted by Gasteiger charge is -2.35. The molecule has 1 fully saturated rings. The summed E-state index contributed by atoms with van der Waals surface area (Å²) in [5.74, 6) is 2.56. The topological polar surface area (TPSA) is 37.8 Å². The lowest BCUT2D eigenvalue weighted by atomic mass is 10.2. The van der Waals surface area contributed by atoms with Crippen LogP contribution >= 0.6 is 23.1 Å². The number of fused-ring (bicyclic) bond motifs is 1. The Labute approximate surface area is 168 Å². The molecule has 4 rings (SSSR count). The molecule has 1 saturated heterocycles. The number of halogens is 1. The molecule has 1 aromatic heterocycles. The van der Waals surface area contributed by atoms with Gasteiger partial charge >= 0.3 is 0 Å². The third-order valence-corrected chi connectivity index (χ3v) is 5.95. The van der Waals surface area contributed by atoms with Crippen molar-refractivity contribution in [2.24, 2.45) is 0 Å². The standard InChI is InChI=1S/C20H22ClN3O2S/c1-25-15-6-7-18(17(21)14-15)26-13-12-23-8-10-24(11-9-23)20-16-4-2-3-5-19(16)27-22-20/h2-7,14H,8-13H2,1H3. The fraction of sp³-hybridized carbons (Fsp3) is 0.350. The SMILES string of the molecule is COc1ccc(OCCN2CCN(c3nsc4ccccc34)CC2)c(Cl)c1. The van der Waals surface area contributed by atoms with Crippen LogP contribution in [0.2, 0.25) is 5.02 Å². The van der Waals surface area contributed by atoms with Gasteiger partial charge in [0.15, 0.2) is 0 Å². The summed E-state index contributed by atoms with van der Waals surface area (Å²) in [6.07, 6.45) is 0. The molecule has 1 aliphatic heterocycles. The predicted molar refractivity (Wildman–Crippen MR) is 112 cm³/mol. The lowest BCUT2D eigenvalue weighted by molar-refractivity contribution is 0.200. The van der Waals surface area contributed by atoms with Crippen molar-refractivity contribution < 1.29 is 9.47 Å². The first-order valence-corrected chi connectivity index (χ1v) is 10.2. The van der Waals surface area contributed by atoms with Crippen LogP contribution in [0.15, 0.2) is 42.5 Å². The number of hydrogen-bond acceptors (Lipinski definition) is 6. The molecule has 0 atom stereocenters. The summed E-state index contributed by atoms with van der Waals surface area (Å²) in [6, 6.07) is 13.9. The van der Waals surface area contributed by atoms with Crippen LogP contribution in [-0.2, 0) is 0 Å². The number of nitrogens with zero attached hydrogens (tertiary/aromatic N) is 3. The van der Waals surface area contributed by atoms with Crippen LogP contribution in [0.4, 0.5) is 5.82 Å². The molecule has 0 bridgehead atoms. The average molecular weight is 404 g/mol. The molecule has 0 spiro atoms. The van der Waals surface area contributed by atoms with Gasteiger partial charge in [0, 0.05) is 44.2 Å². The summed E-state index contributed by atoms with van der Waals surface area (Å²) in [6.45, 7) is 5.48. The Kier molecular flexibility index (Phi) is 5.66. The second kappa shape index (κ2) is 8.33. The van der Waals surface area contributed by atoms with Crippen LogP contribution in [0.3, 0.4) is 0 Å². The Hall–Kier alpha value is -2.02. The molecule has 2 heterocycles. The van der Waals surface area contributed by atoms with Gasteiger partial charge < -0.3 is 14.4 Å². The van der Waals surface area contributed by atoms with Crippen molar-refractivity contribution in [3.05, 3.63) is 47.5 Å². The Bertz CT molecular complexity index is 909. The monoisotopic (exact) mass is 403 g/mol. The maximum atomic E-state index is 6.22. The van der Waals surface area contributed by atoms with Crippen LogP contribution in [0, 0.1) is 0 Å². The lowest BCUT2D eigenvalue weighted by Crippen LogP contribution is -2.47. The van der Waals surface area contributed by atoms with Crippen molar-refractivity contribution >= 4 is 39.0 Å². The largest absolute Gasteiger partial charge is 0.497 e. The average Bonchev–Trinajstić information content (AvgIpc) is 3.14. The number of aromatic nitrogens is 1. The van der Waals surface area contributed by atoms with Crippen molar-refractivity contribution in [3.8, 4) is 11.5 Å². The number of piperazine rings is 1. The van der Waals surface area contributed by atoms with E-state index in [9.17, 15) is 0 Å². The Morgan fingerprint density at radius 1 is 1.11 bits per heavy atom. The molecule has 2 aromatic carbocycles. The van der Waals surface area contributed by atoms with Crippen LogP contribution < -0.4 is 14.4 Å². The van der Waals surface area contributed by atoms with Crippen LogP contribution in [-0.4, -0.2) is 55.7 Å². The normalized spacial score (nSPS) is 15.3. The maximum Gasteiger partial charge on any atom is 0.150 e. The second-order valence-corrected chi connectivity index (χ2v) is 7.69. The summed E-state index contributed by atoms with van der Waals surface area (Å²) in [5.41, 5.74) is 0. The minimum atomic E-state index is 0.578. The number of ether oxygens (including phenoxy) is 2. The fourth-order valence-corrected chi connectivity index (χ4v) is 4.32. The van der Waals surface area contributed by atoms with Crippen molar-refractivity contribution in [1.82, 2.24) is 9.27 Å². The number of rotatable bonds is 6. The zero-order valence-electron chi connectivity index (χ0n) is 15.2. The summed E-state index contributed by atoms with van der Waals surface area (Å²) in [5, 5.41) is 1.84. The van der Waals surface area contributed by atoms with E-state index in [0.29, 0.717) is 17.4 Å². The molecule has 3 aromatic rings. The smallest absolute Gasteiger partial charge is 0.150 e. The predicted octanol–water partition coefficient (Wildman–Crippen LogP) is 4.16. The van der Waals surface area contributed by atoms with Crippen molar-refractivity contribution in [1.29, 1.82) is 0 Å². The maximum absolute atomic E-state index is 6.22. The zero-order valence-corrected chi connectivity index (χ0v) is 16.8. The number of hydrogen-bond donors (Lipinski definition) is 0. The minimum Gasteiger partial charge on any atom is -0.497 e. The molecule has 0 unspecified atom stereocenters. The van der Waals surface area contributed by atoms with Gasteiger partial charge in [-0.05, 0) is 35.8 Å². The third-order valence-electron chi connectivity index (χ3n) is 4.83. The number of benzene rings is 2. The van der Waals surface area contributed by atoms with Gasteiger partial charge in [-0.2, -0.15) is 4.37 Å². The van der Waals surface area contributed by atoms with E-state index in [0.717, 1.165) is 44.3 Å². The van der Waals surface area contributed by atoms with E-state index in [1.54, 1.807) is 24.7 Å². The van der Waals surface area contributed by atoms with Gasteiger partial charge in [0.25, 0.3) is 0 Å². The first-order chi connectivity index (χ1) is 13.2. The van der Waals surface area contributed by atoms with E-state index in [1.807, 2.05) is 12.1 Å². The zero-order chi connectivity index (χ0) is 18.6. The van der Waals surface area contributed by atoms with Gasteiger partial charge in [-0.15, -0.1) is 0 Å². The highest BCUT2D eigenvalue weighted by Crippen LogP contribution is 2.30. The molecule has 0 aliphatic carbocycles. The molecule has 7 heteroatoms. The molecule has 142 valence electrons. The first kappa shape index (κ1) is 18.3. The van der Waals surface area contributed by atoms with Crippen molar-refractivity contribution in [3.63, 3.8) is 0 Å². The van der Waals surface area contributed by atoms with Gasteiger partial charge in [0.2, 0.25) is 0 Å². The highest BCUT2D eigenvalue weighted by Gasteiger charge is 2.20. The second-order valence-electron chi connectivity index (χ2n) is 6.48. The van der Waals surface area contributed by atoms with Crippen LogP contribution in [0.1, 0.15) is 0 Å². The van der Waals surface area contributed by atoms with Crippen LogP contribution in [0.5, 0.6) is 11.5 Å². The molecular weight excluding hydrogens is 382 g/mol. The van der Waals surface area contributed by atoms with E-state index >= 15 is 0 Å². The molecular formula is C20H22ClN3O2S. The molecule has 0 radical (unpaired) electrons. The highest BCUT2D eigenvalue weighted by molar-refractivity contribution is 7.13. The van der Waals surface area contributed by atoms with E-state index in [1.165, 1.54) is 10.1 Å². The minimum absolute atomic E-state index is 0.578. The molecule has 0 amide bonds. The van der Waals surface area contributed by atoms with Gasteiger partial charge in [-0.25, -0.2) is 0 Å². The summed E-state index contributed by atoms with van der Waals surface area (Å²) in [4.78, 5) is 4.80. The third kappa shape index (κ3) is 4.13. The Morgan fingerprint density at radius 3 is 2.70 bits per heavy atom. The van der Waals surface area contributed by atoms with Gasteiger partial charge in [0.1, 0.15) is 23.9 Å². The quantitative estimate of drug-likeness (QED) is 0.617. The van der Waals surface area contributed by atoms with E-state index < -0.39 is 0 Å². The summed E-state index contributed by atoms with van der Waals surface area (Å²) >= 11 is 7.80. The molecule has 0 N–H and O–H groups in total. The first-order valence-electron chi connectivity index (χ1n) is 9.02. The van der Waals surface area contributed by atoms with Crippen molar-refractivity contribution in [2.45, 2.75) is 0 Å². The molecule has 27 heavy (non-hydrogen) atoms. The van der Waals surface area contributed by atoms with E-state index in [4.69, 9.17) is 21.1 Å². The van der Waals surface area contributed by atoms with Crippen LogP contribution in [0.25, 0.3) is 10.1 Å². The highest BCUT2D eigenvalue weighted by atomic mass is 35.5. The van der Waals surface area contributed by atoms with E-state index in [2.05, 4.69) is 38.4 Å². The Balaban J connectivity index is 1.27. The molecule has 1 aliphatic rings. The number of methoxy groups -OCH3 is 1. The van der Waals surface area contributed by atoms with E-state index in [-0.39, 0.29) is 0 Å². The van der Waals surface area contributed by atoms with Gasteiger partial charge in [0.05, 0.1) is 16.8 Å². The molecule has 0 saturated carbocycles. The number of anilines is 1. The molecule has 5 nitrogen and oxygen atoms in total. The summed E-state index contributed by atoms with van der Waals surface area (Å²) in [7, 11) is 1.63.